The Labute approximate surface area is 145 Å². The molecule has 0 saturated carbocycles. The summed E-state index contributed by atoms with van der Waals surface area (Å²) in [7, 11) is 1.59. The summed E-state index contributed by atoms with van der Waals surface area (Å²) in [4.78, 5) is 30.4. The van der Waals surface area contributed by atoms with Gasteiger partial charge in [-0.05, 0) is 12.1 Å². The van der Waals surface area contributed by atoms with Crippen LogP contribution in [0.25, 0.3) is 5.82 Å². The zero-order chi connectivity index (χ0) is 17.6. The van der Waals surface area contributed by atoms with Gasteiger partial charge in [-0.1, -0.05) is 6.07 Å². The predicted molar refractivity (Wildman–Crippen MR) is 89.8 cm³/mol. The third-order valence-corrected chi connectivity index (χ3v) is 4.19. The molecule has 1 aliphatic heterocycles. The average molecular weight is 343 g/mol. The third kappa shape index (κ3) is 4.03. The van der Waals surface area contributed by atoms with E-state index in [0.717, 1.165) is 5.56 Å². The molecule has 1 aliphatic rings. The number of hydrogen-bond donors (Lipinski definition) is 1. The van der Waals surface area contributed by atoms with Crippen LogP contribution in [-0.2, 0) is 20.9 Å². The lowest BCUT2D eigenvalue weighted by molar-refractivity contribution is -0.129. The van der Waals surface area contributed by atoms with Crippen molar-refractivity contribution in [2.45, 2.75) is 13.0 Å². The number of amides is 2. The second-order valence-electron chi connectivity index (χ2n) is 5.89. The zero-order valence-electron chi connectivity index (χ0n) is 14.1. The Morgan fingerprint density at radius 2 is 2.28 bits per heavy atom. The number of aromatic nitrogens is 3. The molecule has 1 unspecified atom stereocenters. The summed E-state index contributed by atoms with van der Waals surface area (Å²) in [5.74, 6) is 0.227. The number of likely N-dealkylation sites (tertiary alicyclic amines) is 1. The van der Waals surface area contributed by atoms with E-state index in [9.17, 15) is 9.59 Å². The van der Waals surface area contributed by atoms with Crippen molar-refractivity contribution in [3.05, 3.63) is 42.4 Å². The lowest BCUT2D eigenvalue weighted by Crippen LogP contribution is -2.33. The normalized spacial score (nSPS) is 17.1. The first kappa shape index (κ1) is 17.1. The molecular weight excluding hydrogens is 322 g/mol. The summed E-state index contributed by atoms with van der Waals surface area (Å²) < 4.78 is 6.65. The quantitative estimate of drug-likeness (QED) is 0.785. The van der Waals surface area contributed by atoms with Crippen LogP contribution in [0.1, 0.15) is 12.0 Å². The van der Waals surface area contributed by atoms with Gasteiger partial charge in [0.25, 0.3) is 0 Å². The maximum absolute atomic E-state index is 12.4. The largest absolute Gasteiger partial charge is 0.383 e. The highest BCUT2D eigenvalue weighted by Crippen LogP contribution is 2.18. The Hall–Kier alpha value is -2.74. The van der Waals surface area contributed by atoms with Gasteiger partial charge in [0.2, 0.25) is 11.8 Å². The van der Waals surface area contributed by atoms with Crippen molar-refractivity contribution in [2.24, 2.45) is 5.92 Å². The zero-order valence-corrected chi connectivity index (χ0v) is 14.1. The van der Waals surface area contributed by atoms with E-state index in [1.165, 1.54) is 0 Å². The van der Waals surface area contributed by atoms with E-state index < -0.39 is 0 Å². The minimum atomic E-state index is -0.325. The number of rotatable bonds is 7. The Morgan fingerprint density at radius 3 is 3.04 bits per heavy atom. The van der Waals surface area contributed by atoms with E-state index >= 15 is 0 Å². The molecule has 25 heavy (non-hydrogen) atoms. The molecule has 1 fully saturated rings. The van der Waals surface area contributed by atoms with Crippen molar-refractivity contribution in [3.63, 3.8) is 0 Å². The second kappa shape index (κ2) is 7.89. The topological polar surface area (TPSA) is 89.3 Å². The lowest BCUT2D eigenvalue weighted by Gasteiger charge is -2.16. The highest BCUT2D eigenvalue weighted by atomic mass is 16.5. The van der Waals surface area contributed by atoms with Gasteiger partial charge in [0.15, 0.2) is 5.82 Å². The molecule has 0 aromatic carbocycles. The maximum Gasteiger partial charge on any atom is 0.225 e. The van der Waals surface area contributed by atoms with Gasteiger partial charge in [-0.15, -0.1) is 0 Å². The van der Waals surface area contributed by atoms with Crippen LogP contribution in [-0.4, -0.2) is 58.3 Å². The van der Waals surface area contributed by atoms with Gasteiger partial charge in [-0.3, -0.25) is 9.59 Å². The fraction of sp³-hybridized carbons (Fsp3) is 0.412. The van der Waals surface area contributed by atoms with E-state index in [1.54, 1.807) is 35.3 Å². The average Bonchev–Trinajstić information content (AvgIpc) is 3.28. The van der Waals surface area contributed by atoms with Gasteiger partial charge in [0.05, 0.1) is 12.5 Å². The molecule has 3 rings (SSSR count). The minimum Gasteiger partial charge on any atom is -0.383 e. The minimum absolute atomic E-state index is 0.00388. The van der Waals surface area contributed by atoms with Gasteiger partial charge in [0.1, 0.15) is 0 Å². The van der Waals surface area contributed by atoms with E-state index in [0.29, 0.717) is 32.1 Å². The molecule has 3 heterocycles. The van der Waals surface area contributed by atoms with Crippen LogP contribution < -0.4 is 5.32 Å². The van der Waals surface area contributed by atoms with Crippen LogP contribution in [0.4, 0.5) is 0 Å². The first-order chi connectivity index (χ1) is 12.2. The Morgan fingerprint density at radius 1 is 1.40 bits per heavy atom. The Bertz CT molecular complexity index is 732. The highest BCUT2D eigenvalue weighted by molar-refractivity contribution is 5.89. The molecule has 132 valence electrons. The molecule has 8 heteroatoms. The van der Waals surface area contributed by atoms with Crippen LogP contribution >= 0.6 is 0 Å². The SMILES string of the molecule is COCCN1CC(C(=O)NCc2cccnc2-n2cccn2)CC1=O. The highest BCUT2D eigenvalue weighted by Gasteiger charge is 2.33. The molecule has 1 atom stereocenters. The van der Waals surface area contributed by atoms with E-state index in [-0.39, 0.29) is 24.2 Å². The van der Waals surface area contributed by atoms with Crippen LogP contribution in [0.5, 0.6) is 0 Å². The Kier molecular flexibility index (Phi) is 5.39. The molecule has 0 bridgehead atoms. The van der Waals surface area contributed by atoms with Crippen LogP contribution in [0.3, 0.4) is 0 Å². The Balaban J connectivity index is 1.59. The monoisotopic (exact) mass is 343 g/mol. The van der Waals surface area contributed by atoms with Crippen molar-refractivity contribution in [3.8, 4) is 5.82 Å². The second-order valence-corrected chi connectivity index (χ2v) is 5.89. The molecule has 2 aromatic heterocycles. The van der Waals surface area contributed by atoms with Crippen molar-refractivity contribution in [2.75, 3.05) is 26.8 Å². The summed E-state index contributed by atoms with van der Waals surface area (Å²) in [5, 5.41) is 7.09. The first-order valence-corrected chi connectivity index (χ1v) is 8.17. The molecule has 0 spiro atoms. The fourth-order valence-electron chi connectivity index (χ4n) is 2.86. The van der Waals surface area contributed by atoms with Crippen LogP contribution in [0.15, 0.2) is 36.8 Å². The van der Waals surface area contributed by atoms with Crippen LogP contribution in [0.2, 0.25) is 0 Å². The number of carbonyl (C=O) groups excluding carboxylic acids is 2. The lowest BCUT2D eigenvalue weighted by atomic mass is 10.1. The molecule has 8 nitrogen and oxygen atoms in total. The van der Waals surface area contributed by atoms with Gasteiger partial charge in [-0.2, -0.15) is 5.10 Å². The molecule has 0 aliphatic carbocycles. The molecular formula is C17H21N5O3. The fourth-order valence-corrected chi connectivity index (χ4v) is 2.86. The van der Waals surface area contributed by atoms with Crippen molar-refractivity contribution >= 4 is 11.8 Å². The van der Waals surface area contributed by atoms with E-state index in [2.05, 4.69) is 15.4 Å². The number of ether oxygens (including phenoxy) is 1. The number of carbonyl (C=O) groups is 2. The maximum atomic E-state index is 12.4. The van der Waals surface area contributed by atoms with Crippen molar-refractivity contribution < 1.29 is 14.3 Å². The number of hydrogen-bond acceptors (Lipinski definition) is 5. The summed E-state index contributed by atoms with van der Waals surface area (Å²) in [5.41, 5.74) is 0.861. The summed E-state index contributed by atoms with van der Waals surface area (Å²) in [6.07, 6.45) is 5.41. The standard InChI is InChI=1S/C17H21N5O3/c1-25-9-8-21-12-14(10-15(21)23)17(24)19-11-13-4-2-5-18-16(13)22-7-3-6-20-22/h2-7,14H,8-12H2,1H3,(H,19,24). The van der Waals surface area contributed by atoms with Gasteiger partial charge < -0.3 is 15.0 Å². The predicted octanol–water partition coefficient (Wildman–Crippen LogP) is 0.378. The molecule has 2 amide bonds. The number of nitrogens with one attached hydrogen (secondary N) is 1. The first-order valence-electron chi connectivity index (χ1n) is 8.17. The number of methoxy groups -OCH3 is 1. The van der Waals surface area contributed by atoms with Crippen molar-refractivity contribution in [1.82, 2.24) is 25.0 Å². The van der Waals surface area contributed by atoms with Crippen molar-refractivity contribution in [1.29, 1.82) is 0 Å². The summed E-state index contributed by atoms with van der Waals surface area (Å²) in [6.45, 7) is 1.77. The number of nitrogens with zero attached hydrogens (tertiary/aromatic N) is 4. The molecule has 1 N–H and O–H groups in total. The number of pyridine rings is 1. The molecule has 1 saturated heterocycles. The van der Waals surface area contributed by atoms with Gasteiger partial charge in [-0.25, -0.2) is 9.67 Å². The van der Waals surface area contributed by atoms with E-state index in [1.807, 2.05) is 18.2 Å². The molecule has 2 aromatic rings. The van der Waals surface area contributed by atoms with Crippen LogP contribution in [0, 0.1) is 5.92 Å². The molecule has 0 radical (unpaired) electrons. The smallest absolute Gasteiger partial charge is 0.225 e. The summed E-state index contributed by atoms with van der Waals surface area (Å²) >= 11 is 0. The third-order valence-electron chi connectivity index (χ3n) is 4.19. The van der Waals surface area contributed by atoms with Gasteiger partial charge >= 0.3 is 0 Å². The summed E-state index contributed by atoms with van der Waals surface area (Å²) in [6, 6.07) is 5.53. The van der Waals surface area contributed by atoms with Gasteiger partial charge in [0, 0.05) is 57.3 Å². The van der Waals surface area contributed by atoms with E-state index in [4.69, 9.17) is 4.74 Å².